The van der Waals surface area contributed by atoms with Gasteiger partial charge in [-0.15, -0.1) is 0 Å². The minimum Gasteiger partial charge on any atom is -0.508 e. The van der Waals surface area contributed by atoms with E-state index in [1.807, 2.05) is 18.2 Å². The van der Waals surface area contributed by atoms with Crippen LogP contribution in [0.5, 0.6) is 5.75 Å². The van der Waals surface area contributed by atoms with Gasteiger partial charge in [0.2, 0.25) is 0 Å². The van der Waals surface area contributed by atoms with Crippen LogP contribution in [0.15, 0.2) is 24.3 Å². The molecule has 0 amide bonds. The van der Waals surface area contributed by atoms with Crippen molar-refractivity contribution >= 4 is 11.8 Å². The van der Waals surface area contributed by atoms with Crippen LogP contribution in [0.1, 0.15) is 18.4 Å². The Morgan fingerprint density at radius 1 is 1.47 bits per heavy atom. The lowest BCUT2D eigenvalue weighted by atomic mass is 10.2. The fourth-order valence-electron chi connectivity index (χ4n) is 1.85. The molecular weight excluding hydrogens is 206 g/mol. The van der Waals surface area contributed by atoms with E-state index >= 15 is 0 Å². The largest absolute Gasteiger partial charge is 0.508 e. The highest BCUT2D eigenvalue weighted by atomic mass is 32.2. The molecule has 0 aromatic heterocycles. The van der Waals surface area contributed by atoms with Gasteiger partial charge in [-0.05, 0) is 36.3 Å². The number of rotatable bonds is 4. The zero-order valence-electron chi connectivity index (χ0n) is 8.78. The van der Waals surface area contributed by atoms with E-state index in [9.17, 15) is 5.11 Å². The summed E-state index contributed by atoms with van der Waals surface area (Å²) in [6, 6.07) is 7.44. The Kier molecular flexibility index (Phi) is 3.92. The van der Waals surface area contributed by atoms with Gasteiger partial charge in [0.25, 0.3) is 0 Å². The first-order chi connectivity index (χ1) is 7.34. The maximum atomic E-state index is 9.29. The SMILES string of the molecule is Oc1cccc(CNCC2CCCS2)c1. The van der Waals surface area contributed by atoms with Crippen molar-refractivity contribution < 1.29 is 5.11 Å². The third-order valence-electron chi connectivity index (χ3n) is 2.64. The Morgan fingerprint density at radius 3 is 3.13 bits per heavy atom. The standard InChI is InChI=1S/C12H17NOS/c14-11-4-1-3-10(7-11)8-13-9-12-5-2-6-15-12/h1,3-4,7,12-14H,2,5-6,8-9H2. The molecule has 0 bridgehead atoms. The Hall–Kier alpha value is -0.670. The fourth-order valence-corrected chi connectivity index (χ4v) is 3.08. The third kappa shape index (κ3) is 3.43. The number of nitrogens with one attached hydrogen (secondary N) is 1. The highest BCUT2D eigenvalue weighted by Gasteiger charge is 2.14. The van der Waals surface area contributed by atoms with Crippen molar-refractivity contribution in [3.63, 3.8) is 0 Å². The van der Waals surface area contributed by atoms with E-state index in [1.165, 1.54) is 18.6 Å². The van der Waals surface area contributed by atoms with Gasteiger partial charge in [-0.3, -0.25) is 0 Å². The van der Waals surface area contributed by atoms with Gasteiger partial charge >= 0.3 is 0 Å². The molecule has 2 rings (SSSR count). The summed E-state index contributed by atoms with van der Waals surface area (Å²) in [5, 5.41) is 13.5. The van der Waals surface area contributed by atoms with Crippen LogP contribution >= 0.6 is 11.8 Å². The second kappa shape index (κ2) is 5.42. The number of phenolic OH excluding ortho intramolecular Hbond substituents is 1. The van der Waals surface area contributed by atoms with Gasteiger partial charge in [-0.1, -0.05) is 12.1 Å². The highest BCUT2D eigenvalue weighted by Crippen LogP contribution is 2.25. The summed E-state index contributed by atoms with van der Waals surface area (Å²) in [5.41, 5.74) is 1.15. The highest BCUT2D eigenvalue weighted by molar-refractivity contribution is 8.00. The van der Waals surface area contributed by atoms with E-state index in [1.54, 1.807) is 6.07 Å². The lowest BCUT2D eigenvalue weighted by molar-refractivity contribution is 0.474. The number of benzene rings is 1. The quantitative estimate of drug-likeness (QED) is 0.822. The van der Waals surface area contributed by atoms with Crippen molar-refractivity contribution in [1.82, 2.24) is 5.32 Å². The maximum absolute atomic E-state index is 9.29. The smallest absolute Gasteiger partial charge is 0.115 e. The van der Waals surface area contributed by atoms with Gasteiger partial charge < -0.3 is 10.4 Å². The molecule has 0 saturated carbocycles. The number of thioether (sulfide) groups is 1. The predicted molar refractivity (Wildman–Crippen MR) is 65.3 cm³/mol. The summed E-state index contributed by atoms with van der Waals surface area (Å²) in [6.45, 7) is 1.94. The molecule has 2 nitrogen and oxygen atoms in total. The molecule has 1 unspecified atom stereocenters. The molecule has 0 aliphatic carbocycles. The topological polar surface area (TPSA) is 32.3 Å². The lowest BCUT2D eigenvalue weighted by Gasteiger charge is -2.10. The van der Waals surface area contributed by atoms with E-state index in [4.69, 9.17) is 0 Å². The Bertz CT molecular complexity index is 310. The zero-order valence-corrected chi connectivity index (χ0v) is 9.59. The van der Waals surface area contributed by atoms with Crippen LogP contribution in [-0.2, 0) is 6.54 Å². The van der Waals surface area contributed by atoms with E-state index in [0.717, 1.165) is 23.9 Å². The molecule has 1 aliphatic heterocycles. The van der Waals surface area contributed by atoms with Crippen molar-refractivity contribution in [2.75, 3.05) is 12.3 Å². The van der Waals surface area contributed by atoms with Crippen LogP contribution < -0.4 is 5.32 Å². The summed E-state index contributed by atoms with van der Waals surface area (Å²) < 4.78 is 0. The normalized spacial score (nSPS) is 20.7. The van der Waals surface area contributed by atoms with Gasteiger partial charge in [-0.2, -0.15) is 11.8 Å². The van der Waals surface area contributed by atoms with Gasteiger partial charge in [0.1, 0.15) is 5.75 Å². The molecule has 15 heavy (non-hydrogen) atoms. The third-order valence-corrected chi connectivity index (χ3v) is 4.03. The molecule has 0 spiro atoms. The summed E-state index contributed by atoms with van der Waals surface area (Å²) in [4.78, 5) is 0. The molecule has 1 aromatic rings. The first-order valence-electron chi connectivity index (χ1n) is 5.45. The number of hydrogen-bond acceptors (Lipinski definition) is 3. The number of aromatic hydroxyl groups is 1. The van der Waals surface area contributed by atoms with E-state index in [0.29, 0.717) is 5.75 Å². The molecule has 1 saturated heterocycles. The average molecular weight is 223 g/mol. The zero-order chi connectivity index (χ0) is 10.5. The fraction of sp³-hybridized carbons (Fsp3) is 0.500. The number of hydrogen-bond donors (Lipinski definition) is 2. The van der Waals surface area contributed by atoms with E-state index in [-0.39, 0.29) is 0 Å². The van der Waals surface area contributed by atoms with E-state index in [2.05, 4.69) is 17.1 Å². The maximum Gasteiger partial charge on any atom is 0.115 e. The monoisotopic (exact) mass is 223 g/mol. The van der Waals surface area contributed by atoms with Crippen molar-refractivity contribution in [2.45, 2.75) is 24.6 Å². The first-order valence-corrected chi connectivity index (χ1v) is 6.50. The molecule has 1 aromatic carbocycles. The Labute approximate surface area is 95.1 Å². The van der Waals surface area contributed by atoms with Crippen LogP contribution in [0.2, 0.25) is 0 Å². The van der Waals surface area contributed by atoms with Crippen molar-refractivity contribution in [3.8, 4) is 5.75 Å². The Morgan fingerprint density at radius 2 is 2.40 bits per heavy atom. The summed E-state index contributed by atoms with van der Waals surface area (Å²) in [5.74, 6) is 1.67. The molecule has 1 fully saturated rings. The van der Waals surface area contributed by atoms with Crippen molar-refractivity contribution in [3.05, 3.63) is 29.8 Å². The molecule has 1 atom stereocenters. The summed E-state index contributed by atoms with van der Waals surface area (Å²) in [7, 11) is 0. The van der Waals surface area contributed by atoms with Gasteiger partial charge in [0, 0.05) is 18.3 Å². The molecule has 1 aliphatic rings. The van der Waals surface area contributed by atoms with Crippen LogP contribution in [0.4, 0.5) is 0 Å². The molecule has 1 heterocycles. The average Bonchev–Trinajstić information content (AvgIpc) is 2.71. The second-order valence-electron chi connectivity index (χ2n) is 3.94. The summed E-state index contributed by atoms with van der Waals surface area (Å²) >= 11 is 2.07. The van der Waals surface area contributed by atoms with Crippen LogP contribution in [0.3, 0.4) is 0 Å². The molecule has 82 valence electrons. The minimum absolute atomic E-state index is 0.351. The lowest BCUT2D eigenvalue weighted by Crippen LogP contribution is -2.22. The van der Waals surface area contributed by atoms with Crippen molar-refractivity contribution in [2.24, 2.45) is 0 Å². The Balaban J connectivity index is 1.73. The van der Waals surface area contributed by atoms with Crippen LogP contribution in [0.25, 0.3) is 0 Å². The van der Waals surface area contributed by atoms with Crippen molar-refractivity contribution in [1.29, 1.82) is 0 Å². The first kappa shape index (κ1) is 10.8. The van der Waals surface area contributed by atoms with Gasteiger partial charge in [0.05, 0.1) is 0 Å². The number of phenols is 1. The van der Waals surface area contributed by atoms with Crippen LogP contribution in [-0.4, -0.2) is 22.7 Å². The second-order valence-corrected chi connectivity index (χ2v) is 5.34. The van der Waals surface area contributed by atoms with Gasteiger partial charge in [-0.25, -0.2) is 0 Å². The summed E-state index contributed by atoms with van der Waals surface area (Å²) in [6.07, 6.45) is 2.71. The molecule has 0 radical (unpaired) electrons. The molecule has 2 N–H and O–H groups in total. The predicted octanol–water partition coefficient (Wildman–Crippen LogP) is 2.38. The van der Waals surface area contributed by atoms with E-state index < -0.39 is 0 Å². The molecular formula is C12H17NOS. The molecule has 3 heteroatoms. The minimum atomic E-state index is 0.351. The van der Waals surface area contributed by atoms with Gasteiger partial charge in [0.15, 0.2) is 0 Å². The van der Waals surface area contributed by atoms with Crippen LogP contribution in [0, 0.1) is 0 Å².